The van der Waals surface area contributed by atoms with Crippen molar-refractivity contribution in [1.29, 1.82) is 0 Å². The maximum atomic E-state index is 14.0. The van der Waals surface area contributed by atoms with Crippen LogP contribution in [0.25, 0.3) is 11.1 Å². The molecule has 12 nitrogen and oxygen atoms in total. The van der Waals surface area contributed by atoms with Crippen LogP contribution in [0.2, 0.25) is 0 Å². The molecule has 2 amide bonds. The lowest BCUT2D eigenvalue weighted by Crippen LogP contribution is -2.63. The second-order valence-corrected chi connectivity index (χ2v) is 12.1. The van der Waals surface area contributed by atoms with E-state index < -0.39 is 58.0 Å². The summed E-state index contributed by atoms with van der Waals surface area (Å²) >= 11 is 0. The second-order valence-electron chi connectivity index (χ2n) is 12.1. The van der Waals surface area contributed by atoms with Crippen molar-refractivity contribution in [2.75, 3.05) is 41.3 Å². The van der Waals surface area contributed by atoms with E-state index in [0.717, 1.165) is 0 Å². The zero-order chi connectivity index (χ0) is 32.2. The first kappa shape index (κ1) is 30.9. The van der Waals surface area contributed by atoms with Crippen LogP contribution in [0.4, 0.5) is 0 Å². The Balaban J connectivity index is 1.60. The van der Waals surface area contributed by atoms with Gasteiger partial charge in [0.05, 0.1) is 11.6 Å². The molecule has 0 saturated heterocycles. The van der Waals surface area contributed by atoms with E-state index in [2.05, 4.69) is 5.32 Å². The summed E-state index contributed by atoms with van der Waals surface area (Å²) in [5.41, 5.74) is 3.62. The fraction of sp³-hybridized carbons (Fsp3) is 0.375. The van der Waals surface area contributed by atoms with E-state index in [1.807, 2.05) is 19.0 Å². The highest BCUT2D eigenvalue weighted by Gasteiger charge is 2.63. The molecule has 5 rings (SSSR count). The first-order valence-corrected chi connectivity index (χ1v) is 14.2. The number of hydrogen-bond acceptors (Lipinski definition) is 10. The van der Waals surface area contributed by atoms with Crippen molar-refractivity contribution in [2.45, 2.75) is 24.5 Å². The number of ketones is 2. The first-order chi connectivity index (χ1) is 20.7. The summed E-state index contributed by atoms with van der Waals surface area (Å²) in [4.78, 5) is 55.9. The molecular formula is C32H36N4O8. The minimum atomic E-state index is -2.70. The maximum absolute atomic E-state index is 14.0. The largest absolute Gasteiger partial charge is 0.510 e. The number of nitrogens with one attached hydrogen (secondary N) is 1. The van der Waals surface area contributed by atoms with Gasteiger partial charge in [-0.05, 0) is 81.8 Å². The molecule has 0 aromatic heterocycles. The molecule has 3 aliphatic carbocycles. The molecule has 12 heteroatoms. The van der Waals surface area contributed by atoms with Crippen molar-refractivity contribution in [3.05, 3.63) is 75.8 Å². The smallest absolute Gasteiger partial charge is 0.255 e. The fourth-order valence-corrected chi connectivity index (χ4v) is 6.84. The maximum Gasteiger partial charge on any atom is 0.255 e. The summed E-state index contributed by atoms with van der Waals surface area (Å²) in [5.74, 6) is -7.32. The molecule has 44 heavy (non-hydrogen) atoms. The number of likely N-dealkylation sites (N-methyl/N-ethyl adjacent to an activating group) is 2. The van der Waals surface area contributed by atoms with Crippen LogP contribution in [0.5, 0.6) is 5.75 Å². The Kier molecular flexibility index (Phi) is 7.87. The van der Waals surface area contributed by atoms with E-state index in [1.54, 1.807) is 44.4 Å². The van der Waals surface area contributed by atoms with E-state index in [1.165, 1.54) is 11.0 Å². The summed E-state index contributed by atoms with van der Waals surface area (Å²) in [6.07, 6.45) is 0.118. The average Bonchev–Trinajstić information content (AvgIpc) is 2.94. The molecule has 0 saturated carbocycles. The van der Waals surface area contributed by atoms with E-state index in [9.17, 15) is 39.6 Å². The Morgan fingerprint density at radius 2 is 1.77 bits per heavy atom. The van der Waals surface area contributed by atoms with Crippen molar-refractivity contribution >= 4 is 23.4 Å². The van der Waals surface area contributed by atoms with E-state index >= 15 is 0 Å². The van der Waals surface area contributed by atoms with Gasteiger partial charge in [-0.2, -0.15) is 0 Å². The van der Waals surface area contributed by atoms with E-state index in [0.29, 0.717) is 35.3 Å². The Hall–Kier alpha value is -4.52. The van der Waals surface area contributed by atoms with Gasteiger partial charge in [0.2, 0.25) is 5.78 Å². The third kappa shape index (κ3) is 4.75. The van der Waals surface area contributed by atoms with Crippen LogP contribution < -0.4 is 11.1 Å². The number of amides is 2. The van der Waals surface area contributed by atoms with Gasteiger partial charge < -0.3 is 36.4 Å². The number of aliphatic hydroxyl groups excluding tert-OH is 2. The fourth-order valence-electron chi connectivity index (χ4n) is 6.84. The van der Waals surface area contributed by atoms with Crippen LogP contribution in [0.1, 0.15) is 32.7 Å². The molecule has 0 heterocycles. The number of rotatable bonds is 7. The number of aliphatic hydroxyl groups is 3. The van der Waals surface area contributed by atoms with Gasteiger partial charge in [0, 0.05) is 30.1 Å². The van der Waals surface area contributed by atoms with Gasteiger partial charge in [0.15, 0.2) is 11.4 Å². The van der Waals surface area contributed by atoms with E-state index in [4.69, 9.17) is 5.73 Å². The van der Waals surface area contributed by atoms with Gasteiger partial charge in [-0.25, -0.2) is 0 Å². The number of fused-ring (bicyclic) bond motifs is 3. The summed E-state index contributed by atoms with van der Waals surface area (Å²) in [5, 5.41) is 47.9. The number of phenolic OH excluding ortho intramolecular Hbond substituents is 1. The molecule has 2 aromatic carbocycles. The van der Waals surface area contributed by atoms with Gasteiger partial charge in [-0.1, -0.05) is 18.2 Å². The highest BCUT2D eigenvalue weighted by atomic mass is 16.3. The van der Waals surface area contributed by atoms with E-state index in [-0.39, 0.29) is 35.6 Å². The predicted octanol–water partition coefficient (Wildman–Crippen LogP) is 1.08. The molecule has 232 valence electrons. The van der Waals surface area contributed by atoms with Gasteiger partial charge in [-0.3, -0.25) is 24.1 Å². The lowest BCUT2D eigenvalue weighted by Gasteiger charge is -2.50. The third-order valence-electron chi connectivity index (χ3n) is 8.89. The van der Waals surface area contributed by atoms with Crippen molar-refractivity contribution < 1.29 is 39.6 Å². The zero-order valence-corrected chi connectivity index (χ0v) is 24.9. The quantitative estimate of drug-likeness (QED) is 0.249. The standard InChI is InChI=1S/C32H36N4O8/c1-35(2)11-10-34-31(43)16-7-5-6-15(12-16)18-8-9-21(37)23-19(18)13-17-14-20-25(36(3)4)27(39)24(30(33)42)29(41)32(20,44)28(40)22(17)26(23)38/h5-9,12,17,20,25,37,39-40,44H,10-11,13-14H2,1-4H3,(H2,33,42)(H,34,43)/t17-,20-,25-,32-/m0/s1. The average molecular weight is 605 g/mol. The molecule has 0 aliphatic heterocycles. The molecule has 0 fully saturated rings. The predicted molar refractivity (Wildman–Crippen MR) is 160 cm³/mol. The Morgan fingerprint density at radius 3 is 2.41 bits per heavy atom. The van der Waals surface area contributed by atoms with Crippen LogP contribution in [0.15, 0.2) is 59.1 Å². The minimum absolute atomic E-state index is 0.0187. The lowest BCUT2D eigenvalue weighted by molar-refractivity contribution is -0.148. The Labute approximate surface area is 254 Å². The van der Waals surface area contributed by atoms with Gasteiger partial charge in [0.1, 0.15) is 22.8 Å². The van der Waals surface area contributed by atoms with Crippen molar-refractivity contribution in [3.8, 4) is 16.9 Å². The Morgan fingerprint density at radius 1 is 1.07 bits per heavy atom. The topological polar surface area (TPSA) is 194 Å². The summed E-state index contributed by atoms with van der Waals surface area (Å²) in [6.45, 7) is 1.12. The number of phenols is 1. The van der Waals surface area contributed by atoms with Gasteiger partial charge in [0.25, 0.3) is 11.8 Å². The number of carbonyl (C=O) groups is 4. The molecular weight excluding hydrogens is 568 g/mol. The molecule has 2 aromatic rings. The number of nitrogens with zero attached hydrogens (tertiary/aromatic N) is 2. The van der Waals surface area contributed by atoms with Crippen LogP contribution >= 0.6 is 0 Å². The van der Waals surface area contributed by atoms with Crippen molar-refractivity contribution in [2.24, 2.45) is 17.6 Å². The number of benzene rings is 2. The number of allylic oxidation sites excluding steroid dienone is 1. The monoisotopic (exact) mass is 604 g/mol. The number of primary amides is 1. The highest BCUT2D eigenvalue weighted by molar-refractivity contribution is 6.25. The lowest BCUT2D eigenvalue weighted by atomic mass is 9.58. The zero-order valence-electron chi connectivity index (χ0n) is 24.9. The molecule has 4 atom stereocenters. The number of aromatic hydroxyl groups is 1. The van der Waals surface area contributed by atoms with Crippen LogP contribution in [0, 0.1) is 11.8 Å². The molecule has 0 unspecified atom stereocenters. The number of carbonyl (C=O) groups excluding carboxylic acids is 4. The van der Waals surface area contributed by atoms with Gasteiger partial charge in [-0.15, -0.1) is 0 Å². The minimum Gasteiger partial charge on any atom is -0.510 e. The molecule has 0 bridgehead atoms. The first-order valence-electron chi connectivity index (χ1n) is 14.2. The summed E-state index contributed by atoms with van der Waals surface area (Å²) < 4.78 is 0. The van der Waals surface area contributed by atoms with Gasteiger partial charge >= 0.3 is 0 Å². The normalized spacial score (nSPS) is 24.8. The van der Waals surface area contributed by atoms with Crippen LogP contribution in [-0.2, 0) is 16.0 Å². The number of hydrogen-bond donors (Lipinski definition) is 6. The molecule has 0 spiro atoms. The molecule has 0 radical (unpaired) electrons. The summed E-state index contributed by atoms with van der Waals surface area (Å²) in [6, 6.07) is 8.79. The number of Topliss-reactive ketones (excluding diaryl/α,β-unsaturated/α-hetero) is 2. The van der Waals surface area contributed by atoms with Crippen LogP contribution in [0.3, 0.4) is 0 Å². The second kappa shape index (κ2) is 11.2. The van der Waals surface area contributed by atoms with Crippen molar-refractivity contribution in [3.63, 3.8) is 0 Å². The summed E-state index contributed by atoms with van der Waals surface area (Å²) in [7, 11) is 6.96. The Bertz CT molecular complexity index is 1660. The van der Waals surface area contributed by atoms with Crippen LogP contribution in [-0.4, -0.2) is 107 Å². The SMILES string of the molecule is CN(C)CCNC(=O)c1cccc(-c2ccc(O)c3c2C[C@H]2C[C@H]4[C@H](N(C)C)C(O)=C(C(N)=O)C(=O)[C@@]4(O)C(O)=C2C3=O)c1. The molecule has 3 aliphatic rings. The number of nitrogens with two attached hydrogens (primary N) is 1. The third-order valence-corrected chi connectivity index (χ3v) is 8.89. The van der Waals surface area contributed by atoms with Crippen molar-refractivity contribution in [1.82, 2.24) is 15.1 Å². The molecule has 7 N–H and O–H groups in total. The highest BCUT2D eigenvalue weighted by Crippen LogP contribution is 2.53.